The molecule has 0 radical (unpaired) electrons. The van der Waals surface area contributed by atoms with Crippen LogP contribution >= 0.6 is 39.1 Å². The predicted octanol–water partition coefficient (Wildman–Crippen LogP) is 4.53. The summed E-state index contributed by atoms with van der Waals surface area (Å²) in [4.78, 5) is 3.97. The van der Waals surface area contributed by atoms with Crippen molar-refractivity contribution >= 4 is 44.9 Å². The molecule has 2 aromatic rings. The normalized spacial score (nSPS) is 10.3. The van der Waals surface area contributed by atoms with E-state index in [1.165, 1.54) is 6.07 Å². The molecule has 1 heterocycles. The lowest BCUT2D eigenvalue weighted by molar-refractivity contribution is 0.464. The van der Waals surface area contributed by atoms with Crippen molar-refractivity contribution in [3.8, 4) is 11.6 Å². The number of nitrogens with zero attached hydrogens (tertiary/aromatic N) is 1. The zero-order valence-electron chi connectivity index (χ0n) is 8.45. The van der Waals surface area contributed by atoms with Gasteiger partial charge in [-0.25, -0.2) is 0 Å². The van der Waals surface area contributed by atoms with E-state index < -0.39 is 0 Å². The number of hydrogen-bond acceptors (Lipinski definition) is 3. The molecule has 0 spiro atoms. The Hall–Kier alpha value is -0.970. The molecule has 88 valence electrons. The molecule has 0 saturated heterocycles. The summed E-state index contributed by atoms with van der Waals surface area (Å²) >= 11 is 15.1. The molecule has 0 unspecified atom stereocenters. The fraction of sp³-hybridized carbons (Fsp3) is 0. The van der Waals surface area contributed by atoms with Crippen LogP contribution in [-0.4, -0.2) is 4.98 Å². The predicted molar refractivity (Wildman–Crippen MR) is 72.9 cm³/mol. The maximum atomic E-state index is 5.95. The lowest BCUT2D eigenvalue weighted by Crippen LogP contribution is -1.95. The standard InChI is InChI=1S/C11H7BrCl2N2O/c12-6-2-1-3-7(4-6)17-11-9(14)5-8(13)10(15)16-11/h1-5H,(H2,15,16). The first-order valence-corrected chi connectivity index (χ1v) is 6.16. The van der Waals surface area contributed by atoms with Crippen molar-refractivity contribution in [3.63, 3.8) is 0 Å². The van der Waals surface area contributed by atoms with Gasteiger partial charge in [-0.1, -0.05) is 45.2 Å². The van der Waals surface area contributed by atoms with Crippen LogP contribution in [0.2, 0.25) is 10.0 Å². The SMILES string of the molecule is Nc1nc(Oc2cccc(Br)c2)c(Cl)cc1Cl. The second-order valence-electron chi connectivity index (χ2n) is 3.20. The van der Waals surface area contributed by atoms with Crippen LogP contribution < -0.4 is 10.5 Å². The quantitative estimate of drug-likeness (QED) is 0.878. The minimum absolute atomic E-state index is 0.182. The van der Waals surface area contributed by atoms with Gasteiger partial charge in [-0.3, -0.25) is 0 Å². The van der Waals surface area contributed by atoms with E-state index >= 15 is 0 Å². The molecular formula is C11H7BrCl2N2O. The summed E-state index contributed by atoms with van der Waals surface area (Å²) in [6.07, 6.45) is 0. The van der Waals surface area contributed by atoms with Gasteiger partial charge in [0.1, 0.15) is 16.6 Å². The number of benzene rings is 1. The van der Waals surface area contributed by atoms with Crippen molar-refractivity contribution < 1.29 is 4.74 Å². The molecule has 0 bridgehead atoms. The van der Waals surface area contributed by atoms with Crippen molar-refractivity contribution in [2.75, 3.05) is 5.73 Å². The second kappa shape index (κ2) is 5.12. The Morgan fingerprint density at radius 2 is 1.94 bits per heavy atom. The molecule has 1 aromatic carbocycles. The van der Waals surface area contributed by atoms with Crippen molar-refractivity contribution in [3.05, 3.63) is 44.8 Å². The maximum absolute atomic E-state index is 5.95. The molecule has 3 nitrogen and oxygen atoms in total. The summed E-state index contributed by atoms with van der Waals surface area (Å²) in [6.45, 7) is 0. The Morgan fingerprint density at radius 1 is 1.18 bits per heavy atom. The number of aromatic nitrogens is 1. The highest BCUT2D eigenvalue weighted by molar-refractivity contribution is 9.10. The van der Waals surface area contributed by atoms with Gasteiger partial charge in [-0.2, -0.15) is 4.98 Å². The van der Waals surface area contributed by atoms with Gasteiger partial charge >= 0.3 is 0 Å². The average Bonchev–Trinajstić information content (AvgIpc) is 2.26. The first-order chi connectivity index (χ1) is 8.06. The zero-order chi connectivity index (χ0) is 12.4. The molecule has 1 aromatic heterocycles. The molecule has 0 fully saturated rings. The van der Waals surface area contributed by atoms with Crippen LogP contribution in [0.15, 0.2) is 34.8 Å². The Labute approximate surface area is 117 Å². The number of halogens is 3. The highest BCUT2D eigenvalue weighted by atomic mass is 79.9. The molecule has 2 rings (SSSR count). The summed E-state index contributed by atoms with van der Waals surface area (Å²) in [5.41, 5.74) is 5.58. The minimum Gasteiger partial charge on any atom is -0.437 e. The summed E-state index contributed by atoms with van der Waals surface area (Å²) in [5.74, 6) is 1.02. The molecule has 6 heteroatoms. The molecule has 17 heavy (non-hydrogen) atoms. The number of hydrogen-bond donors (Lipinski definition) is 1. The summed E-state index contributed by atoms with van der Waals surface area (Å²) in [7, 11) is 0. The fourth-order valence-corrected chi connectivity index (χ4v) is 1.95. The second-order valence-corrected chi connectivity index (χ2v) is 4.93. The van der Waals surface area contributed by atoms with E-state index in [0.29, 0.717) is 15.8 Å². The van der Waals surface area contributed by atoms with Gasteiger partial charge in [-0.05, 0) is 24.3 Å². The number of nitrogen functional groups attached to an aromatic ring is 1. The maximum Gasteiger partial charge on any atom is 0.240 e. The van der Waals surface area contributed by atoms with Crippen LogP contribution in [0.5, 0.6) is 11.6 Å². The van der Waals surface area contributed by atoms with E-state index in [1.54, 1.807) is 12.1 Å². The van der Waals surface area contributed by atoms with Crippen molar-refractivity contribution in [2.24, 2.45) is 0 Å². The molecule has 0 atom stereocenters. The Kier molecular flexibility index (Phi) is 3.76. The molecule has 0 aliphatic rings. The molecule has 0 aliphatic carbocycles. The third kappa shape index (κ3) is 3.03. The molecular weight excluding hydrogens is 327 g/mol. The number of anilines is 1. The van der Waals surface area contributed by atoms with Crippen LogP contribution in [0.3, 0.4) is 0 Å². The molecule has 0 amide bonds. The Balaban J connectivity index is 2.33. The average molecular weight is 334 g/mol. The lowest BCUT2D eigenvalue weighted by Gasteiger charge is -2.08. The summed E-state index contributed by atoms with van der Waals surface area (Å²) < 4.78 is 6.41. The monoisotopic (exact) mass is 332 g/mol. The molecule has 0 saturated carbocycles. The van der Waals surface area contributed by atoms with Crippen molar-refractivity contribution in [2.45, 2.75) is 0 Å². The van der Waals surface area contributed by atoms with Gasteiger partial charge < -0.3 is 10.5 Å². The van der Waals surface area contributed by atoms with E-state index in [0.717, 1.165) is 4.47 Å². The van der Waals surface area contributed by atoms with E-state index in [-0.39, 0.29) is 11.7 Å². The molecule has 2 N–H and O–H groups in total. The van der Waals surface area contributed by atoms with Gasteiger partial charge in [0.15, 0.2) is 0 Å². The van der Waals surface area contributed by atoms with E-state index in [9.17, 15) is 0 Å². The van der Waals surface area contributed by atoms with Gasteiger partial charge in [0.05, 0.1) is 5.02 Å². The minimum atomic E-state index is 0.182. The third-order valence-corrected chi connectivity index (χ3v) is 3.00. The van der Waals surface area contributed by atoms with Crippen LogP contribution in [0.4, 0.5) is 5.82 Å². The van der Waals surface area contributed by atoms with Crippen LogP contribution in [0, 0.1) is 0 Å². The Bertz CT molecular complexity index is 563. The largest absolute Gasteiger partial charge is 0.437 e. The van der Waals surface area contributed by atoms with E-state index in [1.807, 2.05) is 12.1 Å². The van der Waals surface area contributed by atoms with Gasteiger partial charge in [0.2, 0.25) is 5.88 Å². The van der Waals surface area contributed by atoms with Gasteiger partial charge in [0.25, 0.3) is 0 Å². The van der Waals surface area contributed by atoms with Crippen LogP contribution in [0.25, 0.3) is 0 Å². The smallest absolute Gasteiger partial charge is 0.240 e. The Morgan fingerprint density at radius 3 is 2.65 bits per heavy atom. The van der Waals surface area contributed by atoms with E-state index in [4.69, 9.17) is 33.7 Å². The number of rotatable bonds is 2. The van der Waals surface area contributed by atoms with Crippen LogP contribution in [0.1, 0.15) is 0 Å². The number of ether oxygens (including phenoxy) is 1. The first-order valence-electron chi connectivity index (χ1n) is 4.61. The van der Waals surface area contributed by atoms with Gasteiger partial charge in [-0.15, -0.1) is 0 Å². The highest BCUT2D eigenvalue weighted by Crippen LogP contribution is 2.32. The third-order valence-electron chi connectivity index (χ3n) is 1.94. The zero-order valence-corrected chi connectivity index (χ0v) is 11.6. The molecule has 0 aliphatic heterocycles. The van der Waals surface area contributed by atoms with Crippen LogP contribution in [-0.2, 0) is 0 Å². The fourth-order valence-electron chi connectivity index (χ4n) is 1.18. The van der Waals surface area contributed by atoms with E-state index in [2.05, 4.69) is 20.9 Å². The van der Waals surface area contributed by atoms with Crippen molar-refractivity contribution in [1.29, 1.82) is 0 Å². The first kappa shape index (κ1) is 12.5. The topological polar surface area (TPSA) is 48.1 Å². The van der Waals surface area contributed by atoms with Crippen molar-refractivity contribution in [1.82, 2.24) is 4.98 Å². The summed E-state index contributed by atoms with van der Waals surface area (Å²) in [5, 5.41) is 0.612. The summed E-state index contributed by atoms with van der Waals surface area (Å²) in [6, 6.07) is 8.81. The number of pyridine rings is 1. The number of nitrogens with two attached hydrogens (primary N) is 1. The van der Waals surface area contributed by atoms with Gasteiger partial charge in [0, 0.05) is 4.47 Å². The lowest BCUT2D eigenvalue weighted by atomic mass is 10.3. The highest BCUT2D eigenvalue weighted by Gasteiger charge is 2.09.